The Balaban J connectivity index is 2.07. The lowest BCUT2D eigenvalue weighted by molar-refractivity contribution is 0.0974. The molecule has 2 nitrogen and oxygen atoms in total. The van der Waals surface area contributed by atoms with Gasteiger partial charge in [0.1, 0.15) is 0 Å². The molecule has 0 aliphatic carbocycles. The lowest BCUT2D eigenvalue weighted by atomic mass is 9.95. The second kappa shape index (κ2) is 5.64. The van der Waals surface area contributed by atoms with Gasteiger partial charge in [-0.2, -0.15) is 0 Å². The van der Waals surface area contributed by atoms with Crippen LogP contribution in [0.1, 0.15) is 34.8 Å². The van der Waals surface area contributed by atoms with Crippen molar-refractivity contribution in [2.24, 2.45) is 0 Å². The summed E-state index contributed by atoms with van der Waals surface area (Å²) in [4.78, 5) is 15.0. The van der Waals surface area contributed by atoms with E-state index in [0.717, 1.165) is 34.1 Å². The molecule has 0 spiro atoms. The van der Waals surface area contributed by atoms with Gasteiger partial charge in [-0.25, -0.2) is 0 Å². The van der Waals surface area contributed by atoms with Crippen molar-refractivity contribution in [3.63, 3.8) is 0 Å². The fourth-order valence-electron chi connectivity index (χ4n) is 2.94. The highest BCUT2D eigenvalue weighted by Crippen LogP contribution is 2.33. The van der Waals surface area contributed by atoms with Crippen LogP contribution in [0.5, 0.6) is 0 Å². The van der Waals surface area contributed by atoms with E-state index in [9.17, 15) is 4.79 Å². The standard InChI is InChI=1S/C18H18BrNO/c1-12-6-5-8-15(17(12)19)18(21)20-13(2)10-11-14-7-3-4-9-16(14)20/h3-9,13H,10-11H2,1-2H3. The first kappa shape index (κ1) is 14.3. The molecule has 0 fully saturated rings. The van der Waals surface area contributed by atoms with Gasteiger partial charge in [-0.1, -0.05) is 30.3 Å². The van der Waals surface area contributed by atoms with Crippen LogP contribution in [0, 0.1) is 6.92 Å². The largest absolute Gasteiger partial charge is 0.305 e. The average Bonchev–Trinajstić information content (AvgIpc) is 2.49. The summed E-state index contributed by atoms with van der Waals surface area (Å²) in [5, 5.41) is 0. The van der Waals surface area contributed by atoms with E-state index in [4.69, 9.17) is 0 Å². The maximum Gasteiger partial charge on any atom is 0.259 e. The number of amides is 1. The Bertz CT molecular complexity index is 695. The predicted molar refractivity (Wildman–Crippen MR) is 89.9 cm³/mol. The zero-order valence-corrected chi connectivity index (χ0v) is 13.9. The summed E-state index contributed by atoms with van der Waals surface area (Å²) in [5.74, 6) is 0.0743. The van der Waals surface area contributed by atoms with Crippen molar-refractivity contribution in [3.8, 4) is 0 Å². The molecule has 0 saturated carbocycles. The monoisotopic (exact) mass is 343 g/mol. The Labute approximate surface area is 133 Å². The third-order valence-electron chi connectivity index (χ3n) is 4.16. The molecule has 0 saturated heterocycles. The zero-order chi connectivity index (χ0) is 15.0. The summed E-state index contributed by atoms with van der Waals surface area (Å²) in [6.45, 7) is 4.13. The average molecular weight is 344 g/mol. The first-order chi connectivity index (χ1) is 10.1. The molecule has 0 radical (unpaired) electrons. The summed E-state index contributed by atoms with van der Waals surface area (Å²) >= 11 is 3.56. The molecule has 1 aliphatic heterocycles. The van der Waals surface area contributed by atoms with Crippen molar-refractivity contribution in [2.75, 3.05) is 4.90 Å². The van der Waals surface area contributed by atoms with E-state index in [1.807, 2.05) is 48.2 Å². The second-order valence-electron chi connectivity index (χ2n) is 5.63. The first-order valence-electron chi connectivity index (χ1n) is 7.26. The molecule has 1 heterocycles. The van der Waals surface area contributed by atoms with Gasteiger partial charge in [0.2, 0.25) is 0 Å². The number of rotatable bonds is 1. The van der Waals surface area contributed by atoms with Gasteiger partial charge in [-0.05, 0) is 65.9 Å². The molecule has 0 N–H and O–H groups in total. The first-order valence-corrected chi connectivity index (χ1v) is 8.05. The van der Waals surface area contributed by atoms with E-state index in [0.29, 0.717) is 0 Å². The van der Waals surface area contributed by atoms with Crippen LogP contribution >= 0.6 is 15.9 Å². The number of benzene rings is 2. The number of anilines is 1. The van der Waals surface area contributed by atoms with Crippen LogP contribution in [0.15, 0.2) is 46.9 Å². The zero-order valence-electron chi connectivity index (χ0n) is 12.3. The fraction of sp³-hybridized carbons (Fsp3) is 0.278. The summed E-state index contributed by atoms with van der Waals surface area (Å²) in [5.41, 5.74) is 4.12. The van der Waals surface area contributed by atoms with Gasteiger partial charge in [0.25, 0.3) is 5.91 Å². The molecule has 0 aromatic heterocycles. The van der Waals surface area contributed by atoms with Crippen LogP contribution in [0.4, 0.5) is 5.69 Å². The molecule has 21 heavy (non-hydrogen) atoms. The third kappa shape index (κ3) is 2.51. The summed E-state index contributed by atoms with van der Waals surface area (Å²) in [7, 11) is 0. The predicted octanol–water partition coefficient (Wildman–Crippen LogP) is 4.74. The van der Waals surface area contributed by atoms with Crippen LogP contribution in [0.2, 0.25) is 0 Å². The highest BCUT2D eigenvalue weighted by molar-refractivity contribution is 9.10. The highest BCUT2D eigenvalue weighted by atomic mass is 79.9. The lowest BCUT2D eigenvalue weighted by Gasteiger charge is -2.35. The third-order valence-corrected chi connectivity index (χ3v) is 5.22. The molecule has 0 bridgehead atoms. The van der Waals surface area contributed by atoms with E-state index >= 15 is 0 Å². The maximum atomic E-state index is 13.0. The minimum Gasteiger partial charge on any atom is -0.305 e. The Kier molecular flexibility index (Phi) is 3.85. The van der Waals surface area contributed by atoms with Crippen LogP contribution in [-0.2, 0) is 6.42 Å². The van der Waals surface area contributed by atoms with Crippen LogP contribution in [0.25, 0.3) is 0 Å². The molecule has 3 heteroatoms. The molecule has 1 atom stereocenters. The van der Waals surface area contributed by atoms with E-state index in [-0.39, 0.29) is 11.9 Å². The summed E-state index contributed by atoms with van der Waals surface area (Å²) < 4.78 is 0.894. The molecule has 3 rings (SSSR count). The number of nitrogens with zero attached hydrogens (tertiary/aromatic N) is 1. The van der Waals surface area contributed by atoms with Crippen molar-refractivity contribution < 1.29 is 4.79 Å². The molecule has 2 aromatic carbocycles. The summed E-state index contributed by atoms with van der Waals surface area (Å²) in [6, 6.07) is 14.3. The lowest BCUT2D eigenvalue weighted by Crippen LogP contribution is -2.42. The highest BCUT2D eigenvalue weighted by Gasteiger charge is 2.29. The van der Waals surface area contributed by atoms with Crippen molar-refractivity contribution >= 4 is 27.5 Å². The smallest absolute Gasteiger partial charge is 0.259 e. The Morgan fingerprint density at radius 3 is 2.76 bits per heavy atom. The van der Waals surface area contributed by atoms with Gasteiger partial charge in [0.05, 0.1) is 5.56 Å². The number of carbonyl (C=O) groups excluding carboxylic acids is 1. The van der Waals surface area contributed by atoms with E-state index in [1.54, 1.807) is 0 Å². The molecular weight excluding hydrogens is 326 g/mol. The van der Waals surface area contributed by atoms with E-state index < -0.39 is 0 Å². The van der Waals surface area contributed by atoms with Crippen molar-refractivity contribution in [1.29, 1.82) is 0 Å². The topological polar surface area (TPSA) is 20.3 Å². The molecular formula is C18H18BrNO. The van der Waals surface area contributed by atoms with Crippen LogP contribution in [-0.4, -0.2) is 11.9 Å². The van der Waals surface area contributed by atoms with Crippen molar-refractivity contribution in [1.82, 2.24) is 0 Å². The second-order valence-corrected chi connectivity index (χ2v) is 6.42. The van der Waals surface area contributed by atoms with Gasteiger partial charge in [0, 0.05) is 16.2 Å². The minimum atomic E-state index is 0.0743. The van der Waals surface area contributed by atoms with Crippen molar-refractivity contribution in [3.05, 3.63) is 63.6 Å². The molecule has 1 unspecified atom stereocenters. The van der Waals surface area contributed by atoms with E-state index in [2.05, 4.69) is 28.9 Å². The Morgan fingerprint density at radius 1 is 1.19 bits per heavy atom. The van der Waals surface area contributed by atoms with E-state index in [1.165, 1.54) is 5.56 Å². The normalized spacial score (nSPS) is 17.5. The molecule has 108 valence electrons. The number of para-hydroxylation sites is 1. The van der Waals surface area contributed by atoms with Gasteiger partial charge in [-0.15, -0.1) is 0 Å². The number of hydrogen-bond donors (Lipinski definition) is 0. The number of fused-ring (bicyclic) bond motifs is 1. The molecule has 2 aromatic rings. The Hall–Kier alpha value is -1.61. The quantitative estimate of drug-likeness (QED) is 0.732. The minimum absolute atomic E-state index is 0.0743. The van der Waals surface area contributed by atoms with Gasteiger partial charge < -0.3 is 4.90 Å². The molecule has 1 aliphatic rings. The number of aryl methyl sites for hydroxylation is 2. The molecule has 1 amide bonds. The summed E-state index contributed by atoms with van der Waals surface area (Å²) in [6.07, 6.45) is 2.04. The van der Waals surface area contributed by atoms with Gasteiger partial charge in [0.15, 0.2) is 0 Å². The Morgan fingerprint density at radius 2 is 1.95 bits per heavy atom. The number of halogens is 1. The SMILES string of the molecule is Cc1cccc(C(=O)N2c3ccccc3CCC2C)c1Br. The van der Waals surface area contributed by atoms with Gasteiger partial charge in [-0.3, -0.25) is 4.79 Å². The maximum absolute atomic E-state index is 13.0. The fourth-order valence-corrected chi connectivity index (χ4v) is 3.37. The van der Waals surface area contributed by atoms with Crippen LogP contribution < -0.4 is 4.90 Å². The number of carbonyl (C=O) groups is 1. The van der Waals surface area contributed by atoms with Crippen molar-refractivity contribution in [2.45, 2.75) is 32.7 Å². The van der Waals surface area contributed by atoms with Crippen LogP contribution in [0.3, 0.4) is 0 Å². The number of hydrogen-bond acceptors (Lipinski definition) is 1. The van der Waals surface area contributed by atoms with Gasteiger partial charge >= 0.3 is 0 Å².